The summed E-state index contributed by atoms with van der Waals surface area (Å²) in [5.74, 6) is -1.79. The fourth-order valence-electron chi connectivity index (χ4n) is 9.74. The molecule has 0 rings (SSSR count). The summed E-state index contributed by atoms with van der Waals surface area (Å²) in [6.07, 6.45) is 41.6. The van der Waals surface area contributed by atoms with Crippen molar-refractivity contribution in [3.05, 3.63) is 0 Å². The van der Waals surface area contributed by atoms with Crippen molar-refractivity contribution in [1.82, 2.24) is 0 Å². The summed E-state index contributed by atoms with van der Waals surface area (Å²) >= 11 is 0. The molecule has 0 aromatic rings. The molecule has 522 valence electrons. The number of nitrogens with zero attached hydrogens (tertiary/aromatic N) is 2. The van der Waals surface area contributed by atoms with Crippen LogP contribution in [0.5, 0.6) is 0 Å². The number of methoxy groups -OCH3 is 2. The third-order valence-electron chi connectivity index (χ3n) is 15.3. The fourth-order valence-corrected chi connectivity index (χ4v) is 11.2. The topological polar surface area (TPSA) is 241 Å². The van der Waals surface area contributed by atoms with Crippen LogP contribution in [0.1, 0.15) is 270 Å². The maximum atomic E-state index is 12.6. The lowest BCUT2D eigenvalue weighted by Gasteiger charge is -2.28. The lowest BCUT2D eigenvalue weighted by molar-refractivity contribution is -0.870. The Hall–Kier alpha value is -2.06. The number of likely N-dealkylation sites (N-methyl/N-ethyl adjacent to an activating group) is 2. The van der Waals surface area contributed by atoms with Crippen LogP contribution >= 0.6 is 15.6 Å². The predicted molar refractivity (Wildman–Crippen MR) is 344 cm³/mol. The summed E-state index contributed by atoms with van der Waals surface area (Å²) in [6, 6.07) is 0. The summed E-state index contributed by atoms with van der Waals surface area (Å²) < 4.78 is 77.8. The van der Waals surface area contributed by atoms with Gasteiger partial charge < -0.3 is 65.3 Å². The molecule has 0 radical (unpaired) electrons. The van der Waals surface area contributed by atoms with Gasteiger partial charge in [-0.15, -0.1) is 0 Å². The maximum Gasteiger partial charge on any atom is 0.306 e. The van der Waals surface area contributed by atoms with Crippen LogP contribution in [-0.2, 0) is 74.8 Å². The zero-order valence-electron chi connectivity index (χ0n) is 57.1. The Kier molecular flexibility index (Phi) is 56.2. The Balaban J connectivity index is 3.94. The molecule has 0 saturated heterocycles. The number of phosphoric ester groups is 2. The monoisotopic (exact) mass is 1300 g/mol. The Labute approximate surface area is 535 Å². The molecule has 0 aliphatic heterocycles. The standard InChI is InChI=1S/C66H130N2O18P2/c1-67(2,3)51-55-81-87(73,74)83-59-61(85-65(71)49-43-37-33-39-45-53-77-7)57-79-63(69)47-41-35-31-29-27-25-23-21-19-17-15-13-11-9-10-12-14-16-18-20-22-24-26-28-30-32-36-42-48-64(70)80-58-62(60-84-88(75,76)82-56-52-68(4,5)6)86-66(72)50-44-38-34-40-46-54-78-8/h61-62H,9-60H2,1-8H3. The van der Waals surface area contributed by atoms with Gasteiger partial charge in [-0.1, -0.05) is 205 Å². The predicted octanol–water partition coefficient (Wildman–Crippen LogP) is 14.0. The summed E-state index contributed by atoms with van der Waals surface area (Å²) in [5.41, 5.74) is 0. The van der Waals surface area contributed by atoms with E-state index in [1.54, 1.807) is 14.2 Å². The molecule has 0 aliphatic rings. The zero-order chi connectivity index (χ0) is 65.3. The molecule has 0 heterocycles. The van der Waals surface area contributed by atoms with Crippen molar-refractivity contribution in [2.45, 2.75) is 282 Å². The van der Waals surface area contributed by atoms with E-state index in [2.05, 4.69) is 0 Å². The average molecular weight is 1300 g/mol. The first-order valence-electron chi connectivity index (χ1n) is 34.6. The van der Waals surface area contributed by atoms with Gasteiger partial charge in [-0.2, -0.15) is 0 Å². The molecule has 4 atom stereocenters. The first kappa shape index (κ1) is 85.9. The molecule has 0 aromatic heterocycles. The van der Waals surface area contributed by atoms with E-state index in [9.17, 15) is 38.1 Å². The Bertz CT molecular complexity index is 1640. The third-order valence-corrected chi connectivity index (χ3v) is 17.2. The van der Waals surface area contributed by atoms with Gasteiger partial charge in [-0.05, 0) is 38.5 Å². The van der Waals surface area contributed by atoms with E-state index in [0.717, 1.165) is 89.9 Å². The highest BCUT2D eigenvalue weighted by molar-refractivity contribution is 7.46. The molecule has 0 amide bonds. The van der Waals surface area contributed by atoms with E-state index in [1.807, 2.05) is 42.3 Å². The number of esters is 4. The van der Waals surface area contributed by atoms with Gasteiger partial charge in [0, 0.05) is 53.1 Å². The molecular weight excluding hydrogens is 1170 g/mol. The molecule has 20 nitrogen and oxygen atoms in total. The molecule has 0 fully saturated rings. The smallest absolute Gasteiger partial charge is 0.306 e. The van der Waals surface area contributed by atoms with Gasteiger partial charge in [0.1, 0.15) is 39.5 Å². The highest BCUT2D eigenvalue weighted by Gasteiger charge is 2.24. The molecule has 4 unspecified atom stereocenters. The van der Waals surface area contributed by atoms with Gasteiger partial charge in [-0.25, -0.2) is 0 Å². The molecule has 0 spiro atoms. The number of ether oxygens (including phenoxy) is 6. The molecular formula is C66H130N2O18P2. The van der Waals surface area contributed by atoms with Crippen molar-refractivity contribution in [2.24, 2.45) is 0 Å². The average Bonchev–Trinajstić information content (AvgIpc) is 3.57. The summed E-state index contributed by atoms with van der Waals surface area (Å²) in [7, 11) is 5.56. The minimum Gasteiger partial charge on any atom is -0.756 e. The lowest BCUT2D eigenvalue weighted by atomic mass is 10.0. The summed E-state index contributed by atoms with van der Waals surface area (Å²) in [4.78, 5) is 75.1. The summed E-state index contributed by atoms with van der Waals surface area (Å²) in [6.45, 7) is 0.684. The van der Waals surface area contributed by atoms with Crippen molar-refractivity contribution in [2.75, 3.05) is 122 Å². The Morgan fingerprint density at radius 1 is 0.307 bits per heavy atom. The zero-order valence-corrected chi connectivity index (χ0v) is 58.9. The molecule has 0 N–H and O–H groups in total. The minimum atomic E-state index is -4.65. The molecule has 22 heteroatoms. The van der Waals surface area contributed by atoms with Crippen molar-refractivity contribution >= 4 is 39.5 Å². The number of carbonyl (C=O) groups excluding carboxylic acids is 4. The van der Waals surface area contributed by atoms with Crippen molar-refractivity contribution in [1.29, 1.82) is 0 Å². The number of phosphoric acid groups is 2. The molecule has 88 heavy (non-hydrogen) atoms. The van der Waals surface area contributed by atoms with Gasteiger partial charge in [0.2, 0.25) is 0 Å². The van der Waals surface area contributed by atoms with Crippen molar-refractivity contribution in [3.8, 4) is 0 Å². The second-order valence-electron chi connectivity index (χ2n) is 26.2. The first-order valence-corrected chi connectivity index (χ1v) is 37.5. The van der Waals surface area contributed by atoms with Gasteiger partial charge in [0.05, 0.1) is 55.5 Å². The highest BCUT2D eigenvalue weighted by Crippen LogP contribution is 2.39. The van der Waals surface area contributed by atoms with E-state index in [0.29, 0.717) is 61.0 Å². The minimum absolute atomic E-state index is 0.0498. The van der Waals surface area contributed by atoms with Crippen LogP contribution < -0.4 is 9.79 Å². The Morgan fingerprint density at radius 3 is 0.750 bits per heavy atom. The maximum absolute atomic E-state index is 12.6. The van der Waals surface area contributed by atoms with Gasteiger partial charge >= 0.3 is 23.9 Å². The number of quaternary nitrogens is 2. The SMILES string of the molecule is COCCCCCCCC(=O)OC(COC(=O)CCCCCCCCCCCCCCCCCCCCCCCCCCCCCCC(=O)OCC(COP(=O)([O-])OCC[N+](C)(C)C)OC(=O)CCCCCCCOC)COP(=O)([O-])OCC[N+](C)(C)C. The van der Waals surface area contributed by atoms with Crippen LogP contribution in [0.3, 0.4) is 0 Å². The van der Waals surface area contributed by atoms with Crippen molar-refractivity contribution < 1.29 is 93.6 Å². The second-order valence-corrected chi connectivity index (χ2v) is 29.0. The molecule has 0 saturated carbocycles. The largest absolute Gasteiger partial charge is 0.756 e. The van der Waals surface area contributed by atoms with E-state index < -0.39 is 64.9 Å². The lowest BCUT2D eigenvalue weighted by Crippen LogP contribution is -2.37. The normalized spacial score (nSPS) is 14.1. The second kappa shape index (κ2) is 57.6. The van der Waals surface area contributed by atoms with E-state index in [-0.39, 0.29) is 52.1 Å². The van der Waals surface area contributed by atoms with E-state index >= 15 is 0 Å². The van der Waals surface area contributed by atoms with E-state index in [1.165, 1.54) is 128 Å². The van der Waals surface area contributed by atoms with Crippen LogP contribution in [0, 0.1) is 0 Å². The van der Waals surface area contributed by atoms with Crippen LogP contribution in [0.4, 0.5) is 0 Å². The first-order chi connectivity index (χ1) is 42.1. The van der Waals surface area contributed by atoms with Crippen LogP contribution in [0.2, 0.25) is 0 Å². The molecule has 0 aliphatic carbocycles. The van der Waals surface area contributed by atoms with Gasteiger partial charge in [0.25, 0.3) is 15.6 Å². The van der Waals surface area contributed by atoms with Crippen LogP contribution in [0.15, 0.2) is 0 Å². The number of carbonyl (C=O) groups is 4. The quantitative estimate of drug-likeness (QED) is 0.0181. The van der Waals surface area contributed by atoms with E-state index in [4.69, 9.17) is 46.5 Å². The van der Waals surface area contributed by atoms with Gasteiger partial charge in [0.15, 0.2) is 12.2 Å². The van der Waals surface area contributed by atoms with Crippen molar-refractivity contribution in [3.63, 3.8) is 0 Å². The summed E-state index contributed by atoms with van der Waals surface area (Å²) in [5, 5.41) is 0. The molecule has 0 aromatic carbocycles. The van der Waals surface area contributed by atoms with Crippen LogP contribution in [-0.4, -0.2) is 168 Å². The number of hydrogen-bond donors (Lipinski definition) is 0. The molecule has 0 bridgehead atoms. The number of unbranched alkanes of at least 4 members (excludes halogenated alkanes) is 35. The Morgan fingerprint density at radius 2 is 0.523 bits per heavy atom. The fraction of sp³-hybridized carbons (Fsp3) is 0.939. The highest BCUT2D eigenvalue weighted by atomic mass is 31.2. The number of hydrogen-bond acceptors (Lipinski definition) is 18. The third kappa shape index (κ3) is 64.1. The number of rotatable bonds is 67. The van der Waals surface area contributed by atoms with Gasteiger partial charge in [-0.3, -0.25) is 28.3 Å². The van der Waals surface area contributed by atoms with Crippen LogP contribution in [0.25, 0.3) is 0 Å².